The molecular weight excluding hydrogens is 236 g/mol. The van der Waals surface area contributed by atoms with Crippen molar-refractivity contribution in [3.63, 3.8) is 0 Å². The number of aliphatic hydroxyl groups excluding tert-OH is 1. The van der Waals surface area contributed by atoms with Gasteiger partial charge >= 0.3 is 0 Å². The molecule has 2 N–H and O–H groups in total. The standard InChI is InChI=1S/C17H20O2/c18-14-17(19,16-11-5-2-6-12-16)13-7-10-15-8-3-1-4-9-15/h1-6,8-9,11-12,18-19H,7,10,13-14H2. The minimum atomic E-state index is -1.13. The third-order valence-corrected chi connectivity index (χ3v) is 3.47. The molecule has 0 aliphatic carbocycles. The Hall–Kier alpha value is -1.64. The maximum atomic E-state index is 10.5. The highest BCUT2D eigenvalue weighted by atomic mass is 16.3. The van der Waals surface area contributed by atoms with Crippen LogP contribution in [-0.4, -0.2) is 16.8 Å². The summed E-state index contributed by atoms with van der Waals surface area (Å²) in [6.07, 6.45) is 2.31. The van der Waals surface area contributed by atoms with Crippen molar-refractivity contribution in [2.45, 2.75) is 24.9 Å². The van der Waals surface area contributed by atoms with Crippen LogP contribution in [0.1, 0.15) is 24.0 Å². The molecule has 2 nitrogen and oxygen atoms in total. The Labute approximate surface area is 114 Å². The summed E-state index contributed by atoms with van der Waals surface area (Å²) in [5, 5.41) is 20.0. The molecular formula is C17H20O2. The highest BCUT2D eigenvalue weighted by molar-refractivity contribution is 5.22. The van der Waals surface area contributed by atoms with Crippen LogP contribution >= 0.6 is 0 Å². The molecule has 1 unspecified atom stereocenters. The fourth-order valence-corrected chi connectivity index (χ4v) is 2.29. The molecule has 0 aliphatic rings. The summed E-state index contributed by atoms with van der Waals surface area (Å²) in [5.74, 6) is 0. The molecule has 0 aromatic heterocycles. The van der Waals surface area contributed by atoms with Gasteiger partial charge in [0.15, 0.2) is 0 Å². The lowest BCUT2D eigenvalue weighted by molar-refractivity contribution is -0.0275. The Morgan fingerprint density at radius 3 is 2.00 bits per heavy atom. The lowest BCUT2D eigenvalue weighted by atomic mass is 9.88. The third-order valence-electron chi connectivity index (χ3n) is 3.47. The average Bonchev–Trinajstić information content (AvgIpc) is 2.49. The van der Waals surface area contributed by atoms with Crippen molar-refractivity contribution in [3.8, 4) is 0 Å². The van der Waals surface area contributed by atoms with Gasteiger partial charge in [-0.1, -0.05) is 60.7 Å². The Morgan fingerprint density at radius 2 is 1.42 bits per heavy atom. The van der Waals surface area contributed by atoms with Crippen LogP contribution < -0.4 is 0 Å². The third kappa shape index (κ3) is 3.66. The van der Waals surface area contributed by atoms with Crippen molar-refractivity contribution in [2.24, 2.45) is 0 Å². The largest absolute Gasteiger partial charge is 0.393 e. The van der Waals surface area contributed by atoms with Crippen molar-refractivity contribution in [1.29, 1.82) is 0 Å². The van der Waals surface area contributed by atoms with Crippen LogP contribution in [0.15, 0.2) is 60.7 Å². The van der Waals surface area contributed by atoms with E-state index >= 15 is 0 Å². The molecule has 1 atom stereocenters. The molecule has 19 heavy (non-hydrogen) atoms. The lowest BCUT2D eigenvalue weighted by Gasteiger charge is -2.26. The number of hydrogen-bond donors (Lipinski definition) is 2. The normalized spacial score (nSPS) is 14.0. The molecule has 0 heterocycles. The van der Waals surface area contributed by atoms with E-state index in [1.54, 1.807) is 0 Å². The number of aliphatic hydroxyl groups is 2. The van der Waals surface area contributed by atoms with Gasteiger partial charge in [0.25, 0.3) is 0 Å². The van der Waals surface area contributed by atoms with Gasteiger partial charge in [-0.25, -0.2) is 0 Å². The van der Waals surface area contributed by atoms with Gasteiger partial charge < -0.3 is 10.2 Å². The topological polar surface area (TPSA) is 40.5 Å². The van der Waals surface area contributed by atoms with E-state index in [4.69, 9.17) is 0 Å². The van der Waals surface area contributed by atoms with Crippen molar-refractivity contribution < 1.29 is 10.2 Å². The first kappa shape index (κ1) is 13.8. The number of benzene rings is 2. The number of aryl methyl sites for hydroxylation is 1. The van der Waals surface area contributed by atoms with Gasteiger partial charge in [0, 0.05) is 0 Å². The average molecular weight is 256 g/mol. The van der Waals surface area contributed by atoms with Crippen LogP contribution in [0, 0.1) is 0 Å². The van der Waals surface area contributed by atoms with Gasteiger partial charge in [-0.2, -0.15) is 0 Å². The van der Waals surface area contributed by atoms with E-state index in [2.05, 4.69) is 12.1 Å². The van der Waals surface area contributed by atoms with Crippen molar-refractivity contribution in [2.75, 3.05) is 6.61 Å². The summed E-state index contributed by atoms with van der Waals surface area (Å²) in [5.41, 5.74) is 0.914. The van der Waals surface area contributed by atoms with Gasteiger partial charge in [0.2, 0.25) is 0 Å². The van der Waals surface area contributed by atoms with Crippen molar-refractivity contribution in [3.05, 3.63) is 71.8 Å². The maximum Gasteiger partial charge on any atom is 0.113 e. The van der Waals surface area contributed by atoms with Crippen molar-refractivity contribution in [1.82, 2.24) is 0 Å². The smallest absolute Gasteiger partial charge is 0.113 e. The zero-order valence-corrected chi connectivity index (χ0v) is 11.0. The van der Waals surface area contributed by atoms with Crippen LogP contribution in [0.2, 0.25) is 0 Å². The Morgan fingerprint density at radius 1 is 0.842 bits per heavy atom. The van der Waals surface area contributed by atoms with Crippen LogP contribution in [0.4, 0.5) is 0 Å². The second-order valence-corrected chi connectivity index (χ2v) is 4.89. The molecule has 2 aromatic carbocycles. The second kappa shape index (κ2) is 6.50. The van der Waals surface area contributed by atoms with Crippen LogP contribution in [0.3, 0.4) is 0 Å². The van der Waals surface area contributed by atoms with Crippen LogP contribution in [0.25, 0.3) is 0 Å². The van der Waals surface area contributed by atoms with Gasteiger partial charge in [-0.3, -0.25) is 0 Å². The molecule has 0 amide bonds. The lowest BCUT2D eigenvalue weighted by Crippen LogP contribution is -2.30. The van der Waals surface area contributed by atoms with Gasteiger partial charge in [0.05, 0.1) is 6.61 Å². The van der Waals surface area contributed by atoms with E-state index in [0.717, 1.165) is 18.4 Å². The monoisotopic (exact) mass is 256 g/mol. The molecule has 0 fully saturated rings. The van der Waals surface area contributed by atoms with E-state index in [1.807, 2.05) is 48.5 Å². The van der Waals surface area contributed by atoms with Gasteiger partial charge in [-0.05, 0) is 30.4 Å². The molecule has 0 aliphatic heterocycles. The van der Waals surface area contributed by atoms with E-state index in [9.17, 15) is 10.2 Å². The van der Waals surface area contributed by atoms with Crippen molar-refractivity contribution >= 4 is 0 Å². The second-order valence-electron chi connectivity index (χ2n) is 4.89. The van der Waals surface area contributed by atoms with Crippen LogP contribution in [-0.2, 0) is 12.0 Å². The summed E-state index contributed by atoms with van der Waals surface area (Å²) < 4.78 is 0. The van der Waals surface area contributed by atoms with Gasteiger partial charge in [0.1, 0.15) is 5.60 Å². The summed E-state index contributed by atoms with van der Waals surface area (Å²) in [7, 11) is 0. The number of hydrogen-bond acceptors (Lipinski definition) is 2. The summed E-state index contributed by atoms with van der Waals surface area (Å²) >= 11 is 0. The highest BCUT2D eigenvalue weighted by Gasteiger charge is 2.27. The molecule has 100 valence electrons. The van der Waals surface area contributed by atoms with E-state index in [0.29, 0.717) is 6.42 Å². The first-order valence-electron chi connectivity index (χ1n) is 6.67. The summed E-state index contributed by atoms with van der Waals surface area (Å²) in [4.78, 5) is 0. The zero-order chi connectivity index (χ0) is 13.6. The molecule has 2 aromatic rings. The van der Waals surface area contributed by atoms with E-state index in [-0.39, 0.29) is 6.61 Å². The van der Waals surface area contributed by atoms with E-state index < -0.39 is 5.60 Å². The molecule has 0 saturated heterocycles. The Balaban J connectivity index is 1.96. The predicted octanol–water partition coefficient (Wildman–Crippen LogP) is 2.89. The molecule has 0 bridgehead atoms. The SMILES string of the molecule is OCC(O)(CCCc1ccccc1)c1ccccc1. The number of rotatable bonds is 6. The molecule has 0 saturated carbocycles. The Bertz CT molecular complexity index is 481. The summed E-state index contributed by atoms with van der Waals surface area (Å²) in [6.45, 7) is -0.244. The molecule has 2 rings (SSSR count). The minimum Gasteiger partial charge on any atom is -0.393 e. The molecule has 2 heteroatoms. The first-order chi connectivity index (χ1) is 9.24. The molecule has 0 radical (unpaired) electrons. The summed E-state index contributed by atoms with van der Waals surface area (Å²) in [6, 6.07) is 19.6. The minimum absolute atomic E-state index is 0.244. The maximum absolute atomic E-state index is 10.5. The fourth-order valence-electron chi connectivity index (χ4n) is 2.29. The highest BCUT2D eigenvalue weighted by Crippen LogP contribution is 2.26. The Kier molecular flexibility index (Phi) is 4.72. The fraction of sp³-hybridized carbons (Fsp3) is 0.294. The quantitative estimate of drug-likeness (QED) is 0.834. The van der Waals surface area contributed by atoms with E-state index in [1.165, 1.54) is 5.56 Å². The predicted molar refractivity (Wildman–Crippen MR) is 76.8 cm³/mol. The zero-order valence-electron chi connectivity index (χ0n) is 11.0. The first-order valence-corrected chi connectivity index (χ1v) is 6.67. The van der Waals surface area contributed by atoms with Crippen LogP contribution in [0.5, 0.6) is 0 Å². The molecule has 0 spiro atoms. The van der Waals surface area contributed by atoms with Gasteiger partial charge in [-0.15, -0.1) is 0 Å².